The Morgan fingerprint density at radius 3 is 2.78 bits per heavy atom. The highest BCUT2D eigenvalue weighted by molar-refractivity contribution is 5.90. The van der Waals surface area contributed by atoms with E-state index in [1.54, 1.807) is 25.8 Å². The van der Waals surface area contributed by atoms with Gasteiger partial charge in [-0.2, -0.15) is 0 Å². The van der Waals surface area contributed by atoms with Crippen LogP contribution in [-0.2, 0) is 17.6 Å². The van der Waals surface area contributed by atoms with Crippen LogP contribution in [-0.4, -0.2) is 55.0 Å². The molecule has 0 radical (unpaired) electrons. The van der Waals surface area contributed by atoms with E-state index < -0.39 is 5.91 Å². The van der Waals surface area contributed by atoms with Crippen molar-refractivity contribution in [2.75, 3.05) is 33.9 Å². The van der Waals surface area contributed by atoms with Gasteiger partial charge in [-0.3, -0.25) is 14.9 Å². The summed E-state index contributed by atoms with van der Waals surface area (Å²) in [5.74, 6) is 0.951. The SMILES string of the molecule is COc1cccc(CCN(CCCO)C2CCc3cc(/C=C/C(=O)NO)ccc32)c1OC. The first-order chi connectivity index (χ1) is 15.6. The average Bonchev–Trinajstić information content (AvgIpc) is 3.25. The van der Waals surface area contributed by atoms with Gasteiger partial charge in [-0.25, -0.2) is 5.48 Å². The van der Waals surface area contributed by atoms with Crippen molar-refractivity contribution in [3.8, 4) is 11.5 Å². The van der Waals surface area contributed by atoms with Crippen molar-refractivity contribution in [3.63, 3.8) is 0 Å². The molecule has 1 amide bonds. The predicted molar refractivity (Wildman–Crippen MR) is 123 cm³/mol. The topological polar surface area (TPSA) is 91.3 Å². The second-order valence-electron chi connectivity index (χ2n) is 7.84. The van der Waals surface area contributed by atoms with Crippen molar-refractivity contribution in [3.05, 3.63) is 64.7 Å². The van der Waals surface area contributed by atoms with Gasteiger partial charge in [0.2, 0.25) is 0 Å². The first-order valence-electron chi connectivity index (χ1n) is 10.9. The van der Waals surface area contributed by atoms with E-state index in [0.29, 0.717) is 0 Å². The maximum Gasteiger partial charge on any atom is 0.267 e. The van der Waals surface area contributed by atoms with E-state index in [0.717, 1.165) is 61.4 Å². The van der Waals surface area contributed by atoms with Crippen molar-refractivity contribution in [2.45, 2.75) is 31.7 Å². The average molecular weight is 441 g/mol. The van der Waals surface area contributed by atoms with Gasteiger partial charge in [0, 0.05) is 31.8 Å². The molecule has 1 aliphatic rings. The lowest BCUT2D eigenvalue weighted by Crippen LogP contribution is -2.31. The number of para-hydroxylation sites is 1. The Balaban J connectivity index is 1.77. The fourth-order valence-corrected chi connectivity index (χ4v) is 4.42. The molecule has 0 aromatic heterocycles. The molecule has 2 aromatic rings. The van der Waals surface area contributed by atoms with Crippen LogP contribution in [0.5, 0.6) is 11.5 Å². The monoisotopic (exact) mass is 440 g/mol. The van der Waals surface area contributed by atoms with Crippen LogP contribution >= 0.6 is 0 Å². The van der Waals surface area contributed by atoms with E-state index in [1.165, 1.54) is 17.2 Å². The molecule has 0 saturated carbocycles. The number of aliphatic hydroxyl groups is 1. The number of hydroxylamine groups is 1. The molecular formula is C25H32N2O5. The second-order valence-corrected chi connectivity index (χ2v) is 7.84. The van der Waals surface area contributed by atoms with Gasteiger partial charge in [-0.05, 0) is 60.1 Å². The quantitative estimate of drug-likeness (QED) is 0.283. The van der Waals surface area contributed by atoms with Gasteiger partial charge in [-0.1, -0.05) is 30.3 Å². The summed E-state index contributed by atoms with van der Waals surface area (Å²) >= 11 is 0. The summed E-state index contributed by atoms with van der Waals surface area (Å²) in [6.45, 7) is 1.81. The van der Waals surface area contributed by atoms with Crippen LogP contribution in [0.3, 0.4) is 0 Å². The first-order valence-corrected chi connectivity index (χ1v) is 10.9. The molecule has 0 fully saturated rings. The zero-order chi connectivity index (χ0) is 22.9. The summed E-state index contributed by atoms with van der Waals surface area (Å²) in [5, 5.41) is 18.1. The van der Waals surface area contributed by atoms with Crippen molar-refractivity contribution >= 4 is 12.0 Å². The molecular weight excluding hydrogens is 408 g/mol. The van der Waals surface area contributed by atoms with Crippen LogP contribution in [0.1, 0.15) is 41.1 Å². The number of aliphatic hydroxyl groups excluding tert-OH is 1. The number of carbonyl (C=O) groups is 1. The zero-order valence-electron chi connectivity index (χ0n) is 18.7. The Labute approximate surface area is 189 Å². The van der Waals surface area contributed by atoms with Crippen LogP contribution in [0, 0.1) is 0 Å². The van der Waals surface area contributed by atoms with Crippen LogP contribution in [0.15, 0.2) is 42.5 Å². The third kappa shape index (κ3) is 5.68. The van der Waals surface area contributed by atoms with Gasteiger partial charge < -0.3 is 14.6 Å². The van der Waals surface area contributed by atoms with Gasteiger partial charge in [0.05, 0.1) is 14.2 Å². The molecule has 3 rings (SSSR count). The van der Waals surface area contributed by atoms with E-state index >= 15 is 0 Å². The van der Waals surface area contributed by atoms with Crippen LogP contribution < -0.4 is 15.0 Å². The molecule has 172 valence electrons. The predicted octanol–water partition coefficient (Wildman–Crippen LogP) is 3.14. The number of rotatable bonds is 11. The fourth-order valence-electron chi connectivity index (χ4n) is 4.42. The minimum atomic E-state index is -0.550. The number of nitrogens with one attached hydrogen (secondary N) is 1. The molecule has 7 heteroatoms. The number of benzene rings is 2. The van der Waals surface area contributed by atoms with Gasteiger partial charge in [0.25, 0.3) is 5.91 Å². The number of amides is 1. The van der Waals surface area contributed by atoms with Crippen molar-refractivity contribution in [2.24, 2.45) is 0 Å². The van der Waals surface area contributed by atoms with Crippen molar-refractivity contribution in [1.82, 2.24) is 10.4 Å². The van der Waals surface area contributed by atoms with Crippen LogP contribution in [0.4, 0.5) is 0 Å². The summed E-state index contributed by atoms with van der Waals surface area (Å²) < 4.78 is 11.0. The van der Waals surface area contributed by atoms with E-state index in [2.05, 4.69) is 23.1 Å². The Hall–Kier alpha value is -2.87. The number of hydrogen-bond donors (Lipinski definition) is 3. The Morgan fingerprint density at radius 1 is 1.22 bits per heavy atom. The summed E-state index contributed by atoms with van der Waals surface area (Å²) in [6, 6.07) is 12.4. The molecule has 0 aliphatic heterocycles. The largest absolute Gasteiger partial charge is 0.493 e. The summed E-state index contributed by atoms with van der Waals surface area (Å²) in [5.41, 5.74) is 6.20. The summed E-state index contributed by atoms with van der Waals surface area (Å²) in [6.07, 6.45) is 6.51. The highest BCUT2D eigenvalue weighted by Gasteiger charge is 2.28. The highest BCUT2D eigenvalue weighted by atomic mass is 16.5. The number of aryl methyl sites for hydroxylation is 1. The molecule has 1 aliphatic carbocycles. The molecule has 3 N–H and O–H groups in total. The number of methoxy groups -OCH3 is 2. The lowest BCUT2D eigenvalue weighted by atomic mass is 10.0. The van der Waals surface area contributed by atoms with Crippen molar-refractivity contribution in [1.29, 1.82) is 0 Å². The molecule has 32 heavy (non-hydrogen) atoms. The minimum Gasteiger partial charge on any atom is -0.493 e. The fraction of sp³-hybridized carbons (Fsp3) is 0.400. The van der Waals surface area contributed by atoms with Gasteiger partial charge in [0.15, 0.2) is 11.5 Å². The van der Waals surface area contributed by atoms with E-state index in [1.807, 2.05) is 18.2 Å². The van der Waals surface area contributed by atoms with E-state index in [-0.39, 0.29) is 12.6 Å². The van der Waals surface area contributed by atoms with Crippen LogP contribution in [0.25, 0.3) is 6.08 Å². The second kappa shape index (κ2) is 11.7. The molecule has 1 unspecified atom stereocenters. The molecule has 0 bridgehead atoms. The zero-order valence-corrected chi connectivity index (χ0v) is 18.7. The lowest BCUT2D eigenvalue weighted by Gasteiger charge is -2.30. The van der Waals surface area contributed by atoms with E-state index in [4.69, 9.17) is 14.7 Å². The Kier molecular flexibility index (Phi) is 8.67. The first kappa shape index (κ1) is 23.8. The van der Waals surface area contributed by atoms with Gasteiger partial charge in [-0.15, -0.1) is 0 Å². The number of fused-ring (bicyclic) bond motifs is 1. The highest BCUT2D eigenvalue weighted by Crippen LogP contribution is 2.37. The maximum atomic E-state index is 11.2. The van der Waals surface area contributed by atoms with Gasteiger partial charge >= 0.3 is 0 Å². The molecule has 0 heterocycles. The summed E-state index contributed by atoms with van der Waals surface area (Å²) in [4.78, 5) is 13.7. The molecule has 7 nitrogen and oxygen atoms in total. The number of hydrogen-bond acceptors (Lipinski definition) is 6. The van der Waals surface area contributed by atoms with E-state index in [9.17, 15) is 9.90 Å². The molecule has 1 atom stereocenters. The maximum absolute atomic E-state index is 11.2. The minimum absolute atomic E-state index is 0.162. The molecule has 0 spiro atoms. The normalized spacial score (nSPS) is 15.2. The van der Waals surface area contributed by atoms with Crippen LogP contribution in [0.2, 0.25) is 0 Å². The number of carbonyl (C=O) groups excluding carboxylic acids is 1. The number of ether oxygens (including phenoxy) is 2. The third-order valence-corrected chi connectivity index (χ3v) is 5.95. The van der Waals surface area contributed by atoms with Gasteiger partial charge in [0.1, 0.15) is 0 Å². The number of nitrogens with zero attached hydrogens (tertiary/aromatic N) is 1. The summed E-state index contributed by atoms with van der Waals surface area (Å²) in [7, 11) is 3.30. The smallest absolute Gasteiger partial charge is 0.267 e. The third-order valence-electron chi connectivity index (χ3n) is 5.95. The molecule has 0 saturated heterocycles. The molecule has 2 aromatic carbocycles. The Morgan fingerprint density at radius 2 is 2.06 bits per heavy atom. The van der Waals surface area contributed by atoms with Crippen molar-refractivity contribution < 1.29 is 24.6 Å². The standard InChI is InChI=1S/C25H32N2O5/c1-31-23-6-3-5-19(25(23)32-2)13-15-27(14-4-16-28)22-11-9-20-17-18(7-10-21(20)22)8-12-24(29)26-30/h3,5-8,10,12,17,22,28,30H,4,9,11,13-16H2,1-2H3,(H,26,29)/b12-8+. The Bertz CT molecular complexity index is 944. The lowest BCUT2D eigenvalue weighted by molar-refractivity contribution is -0.124.